The second-order valence-corrected chi connectivity index (χ2v) is 10.9. The molecule has 0 aliphatic rings. The molecule has 0 saturated carbocycles. The van der Waals surface area contributed by atoms with E-state index in [1.54, 1.807) is 0 Å². The molecule has 0 rings (SSSR count). The molecule has 6 atom stereocenters. The molecule has 0 aromatic heterocycles. The quantitative estimate of drug-likeness (QED) is 0.0494. The second-order valence-electron chi connectivity index (χ2n) is 10.9. The highest BCUT2D eigenvalue weighted by atomic mass is 16.6. The summed E-state index contributed by atoms with van der Waals surface area (Å²) in [6.07, 6.45) is -7.27. The fourth-order valence-electron chi connectivity index (χ4n) is 3.01. The average Bonchev–Trinajstić information content (AvgIpc) is 3.02. The van der Waals surface area contributed by atoms with Crippen LogP contribution in [-0.4, -0.2) is 147 Å². The number of hydrogen-bond donors (Lipinski definition) is 4. The Kier molecular flexibility index (Phi) is 22.8. The first-order valence-corrected chi connectivity index (χ1v) is 14.9. The second kappa shape index (κ2) is 24.6. The van der Waals surface area contributed by atoms with Gasteiger partial charge in [-0.2, -0.15) is 0 Å². The van der Waals surface area contributed by atoms with E-state index in [2.05, 4.69) is 26.3 Å². The highest BCUT2D eigenvalue weighted by Crippen LogP contribution is 2.11. The van der Waals surface area contributed by atoms with E-state index in [-0.39, 0.29) is 48.7 Å². The number of ether oxygens (including phenoxy) is 8. The van der Waals surface area contributed by atoms with Gasteiger partial charge in [0.2, 0.25) is 0 Å². The van der Waals surface area contributed by atoms with Gasteiger partial charge in [0, 0.05) is 22.3 Å². The van der Waals surface area contributed by atoms with Gasteiger partial charge in [-0.25, -0.2) is 19.2 Å². The van der Waals surface area contributed by atoms with Crippen molar-refractivity contribution in [3.63, 3.8) is 0 Å². The summed E-state index contributed by atoms with van der Waals surface area (Å²) in [5, 5.41) is 41.1. The zero-order valence-corrected chi connectivity index (χ0v) is 28.1. The molecule has 0 aliphatic carbocycles. The summed E-state index contributed by atoms with van der Waals surface area (Å²) in [5.74, 6) is -2.85. The van der Waals surface area contributed by atoms with Crippen LogP contribution in [0, 0.1) is 0 Å². The Bertz CT molecular complexity index is 1000. The average molecular weight is 691 g/mol. The zero-order valence-electron chi connectivity index (χ0n) is 28.1. The number of carbonyl (C=O) groups is 4. The smallest absolute Gasteiger partial charge is 0.333 e. The first kappa shape index (κ1) is 44.5. The maximum Gasteiger partial charge on any atom is 0.333 e. The standard InChI is InChI=1S/C32H50O16/c1-19(2)29(37)45-13-23(33)9-41-17-27(43-11-25(35)15-47-31(39)21(5)6)28(44-12-26(36)16-48-32(40)22(7)8)18-42-10-24(34)14-46-30(38)20(3)4/h23-28,33-36H,1,3,5,7,9-18H2,2,4,6,8H3. The number of carbonyl (C=O) groups excluding carboxylic acids is 4. The minimum atomic E-state index is -1.30. The van der Waals surface area contributed by atoms with Gasteiger partial charge in [0.1, 0.15) is 63.1 Å². The molecular formula is C32H50O16. The Labute approximate surface area is 280 Å². The van der Waals surface area contributed by atoms with Crippen LogP contribution in [0.1, 0.15) is 27.7 Å². The summed E-state index contributed by atoms with van der Waals surface area (Å²) < 4.78 is 42.4. The van der Waals surface area contributed by atoms with Crippen molar-refractivity contribution in [2.45, 2.75) is 64.3 Å². The van der Waals surface area contributed by atoms with Gasteiger partial charge < -0.3 is 58.3 Å². The van der Waals surface area contributed by atoms with Crippen LogP contribution in [0.15, 0.2) is 48.6 Å². The molecule has 0 radical (unpaired) electrons. The highest BCUT2D eigenvalue weighted by Gasteiger charge is 2.28. The number of hydrogen-bond acceptors (Lipinski definition) is 16. The molecule has 48 heavy (non-hydrogen) atoms. The molecule has 0 spiro atoms. The molecule has 6 unspecified atom stereocenters. The normalized spacial score (nSPS) is 14.8. The Hall–Kier alpha value is -3.48. The highest BCUT2D eigenvalue weighted by molar-refractivity contribution is 5.88. The molecule has 0 aromatic rings. The van der Waals surface area contributed by atoms with Gasteiger partial charge in [-0.3, -0.25) is 0 Å². The van der Waals surface area contributed by atoms with Crippen LogP contribution >= 0.6 is 0 Å². The monoisotopic (exact) mass is 690 g/mol. The lowest BCUT2D eigenvalue weighted by Gasteiger charge is -2.29. The van der Waals surface area contributed by atoms with Crippen LogP contribution < -0.4 is 0 Å². The van der Waals surface area contributed by atoms with Gasteiger partial charge in [0.05, 0.1) is 39.6 Å². The van der Waals surface area contributed by atoms with Gasteiger partial charge in [-0.05, 0) is 27.7 Å². The Morgan fingerprint density at radius 1 is 0.417 bits per heavy atom. The Balaban J connectivity index is 5.67. The van der Waals surface area contributed by atoms with Crippen molar-refractivity contribution in [3.05, 3.63) is 48.6 Å². The van der Waals surface area contributed by atoms with Gasteiger partial charge in [-0.1, -0.05) is 26.3 Å². The van der Waals surface area contributed by atoms with Crippen molar-refractivity contribution in [3.8, 4) is 0 Å². The van der Waals surface area contributed by atoms with E-state index >= 15 is 0 Å². The summed E-state index contributed by atoms with van der Waals surface area (Å²) >= 11 is 0. The van der Waals surface area contributed by atoms with E-state index in [0.717, 1.165) is 0 Å². The lowest BCUT2D eigenvalue weighted by Crippen LogP contribution is -2.43. The van der Waals surface area contributed by atoms with Crippen molar-refractivity contribution in [1.82, 2.24) is 0 Å². The van der Waals surface area contributed by atoms with Crippen LogP contribution in [0.2, 0.25) is 0 Å². The summed E-state index contributed by atoms with van der Waals surface area (Å²) in [5.41, 5.74) is 0.521. The van der Waals surface area contributed by atoms with Gasteiger partial charge in [0.25, 0.3) is 0 Å². The van der Waals surface area contributed by atoms with E-state index in [0.29, 0.717) is 0 Å². The topological polar surface area (TPSA) is 223 Å². The zero-order chi connectivity index (χ0) is 36.8. The van der Waals surface area contributed by atoms with Crippen LogP contribution in [-0.2, 0) is 57.1 Å². The number of rotatable bonds is 27. The van der Waals surface area contributed by atoms with Gasteiger partial charge >= 0.3 is 23.9 Å². The van der Waals surface area contributed by atoms with E-state index in [1.807, 2.05) is 0 Å². The first-order valence-electron chi connectivity index (χ1n) is 14.9. The molecule has 0 aliphatic heterocycles. The van der Waals surface area contributed by atoms with E-state index in [9.17, 15) is 39.6 Å². The molecule has 0 heterocycles. The summed E-state index contributed by atoms with van der Waals surface area (Å²) in [6.45, 7) is 15.8. The molecule has 0 bridgehead atoms. The van der Waals surface area contributed by atoms with Crippen LogP contribution in [0.25, 0.3) is 0 Å². The lowest BCUT2D eigenvalue weighted by atomic mass is 10.2. The fourth-order valence-corrected chi connectivity index (χ4v) is 3.01. The molecule has 0 saturated heterocycles. The largest absolute Gasteiger partial charge is 0.460 e. The third-order valence-electron chi connectivity index (χ3n) is 5.63. The number of esters is 4. The minimum Gasteiger partial charge on any atom is -0.460 e. The third kappa shape index (κ3) is 21.4. The maximum absolute atomic E-state index is 11.7. The number of aliphatic hydroxyl groups is 4. The molecule has 0 amide bonds. The molecule has 0 aromatic carbocycles. The molecule has 0 fully saturated rings. The van der Waals surface area contributed by atoms with Crippen LogP contribution in [0.3, 0.4) is 0 Å². The maximum atomic E-state index is 11.7. The van der Waals surface area contributed by atoms with Crippen LogP contribution in [0.5, 0.6) is 0 Å². The van der Waals surface area contributed by atoms with Crippen molar-refractivity contribution < 1.29 is 77.5 Å². The lowest BCUT2D eigenvalue weighted by molar-refractivity contribution is -0.166. The van der Waals surface area contributed by atoms with Crippen LogP contribution in [0.4, 0.5) is 0 Å². The summed E-state index contributed by atoms with van der Waals surface area (Å²) in [6, 6.07) is 0. The van der Waals surface area contributed by atoms with Crippen molar-refractivity contribution in [2.24, 2.45) is 0 Å². The predicted octanol–water partition coefficient (Wildman–Crippen LogP) is -0.289. The fraction of sp³-hybridized carbons (Fsp3) is 0.625. The van der Waals surface area contributed by atoms with E-state index in [1.165, 1.54) is 27.7 Å². The van der Waals surface area contributed by atoms with Crippen molar-refractivity contribution >= 4 is 23.9 Å². The van der Waals surface area contributed by atoms with Crippen molar-refractivity contribution in [2.75, 3.05) is 66.1 Å². The SMILES string of the molecule is C=C(C)C(=O)OCC(O)COCC(OCC(O)COC(=O)C(=C)C)C(COCC(O)COC(=O)C(=C)C)OCC(O)COC(=O)C(=C)C. The molecule has 16 nitrogen and oxygen atoms in total. The van der Waals surface area contributed by atoms with Crippen molar-refractivity contribution in [1.29, 1.82) is 0 Å². The number of aliphatic hydroxyl groups excluding tert-OH is 4. The summed E-state index contributed by atoms with van der Waals surface area (Å²) in [4.78, 5) is 46.6. The van der Waals surface area contributed by atoms with E-state index < -0.39 is 100 Å². The van der Waals surface area contributed by atoms with Gasteiger partial charge in [0.15, 0.2) is 0 Å². The molecule has 274 valence electrons. The van der Waals surface area contributed by atoms with E-state index in [4.69, 9.17) is 37.9 Å². The van der Waals surface area contributed by atoms with Gasteiger partial charge in [-0.15, -0.1) is 0 Å². The Morgan fingerprint density at radius 3 is 0.875 bits per heavy atom. The minimum absolute atomic E-state index is 0.122. The molecular weight excluding hydrogens is 640 g/mol. The summed E-state index contributed by atoms with van der Waals surface area (Å²) in [7, 11) is 0. The Morgan fingerprint density at radius 2 is 0.646 bits per heavy atom. The first-order chi connectivity index (χ1) is 22.4. The predicted molar refractivity (Wildman–Crippen MR) is 168 cm³/mol. The molecule has 4 N–H and O–H groups in total. The third-order valence-corrected chi connectivity index (χ3v) is 5.63. The molecule has 16 heteroatoms.